The molecule has 25 heavy (non-hydrogen) atoms. The molecule has 1 saturated carbocycles. The van der Waals surface area contributed by atoms with Crippen molar-refractivity contribution in [2.24, 2.45) is 11.3 Å². The Balaban J connectivity index is 2.24. The van der Waals surface area contributed by atoms with Gasteiger partial charge in [0.2, 0.25) is 0 Å². The summed E-state index contributed by atoms with van der Waals surface area (Å²) in [6.45, 7) is 4.57. The standard InChI is InChI=1S/C19H24BrNO4/c1-18-6-5-7-19(2,17(23)25-4)14(18)10-21-16(22)15-12(18)8-11(24-3)9-13(15)20/h8-9,14H,5-7,10H2,1-4H3,(H,21,22). The molecule has 0 spiro atoms. The molecule has 0 radical (unpaired) electrons. The van der Waals surface area contributed by atoms with E-state index in [1.807, 2.05) is 19.1 Å². The second-order valence-electron chi connectivity index (χ2n) is 7.47. The molecule has 0 aromatic heterocycles. The van der Waals surface area contributed by atoms with Crippen LogP contribution in [-0.4, -0.2) is 32.6 Å². The van der Waals surface area contributed by atoms with Crippen molar-refractivity contribution < 1.29 is 19.1 Å². The highest BCUT2D eigenvalue weighted by atomic mass is 79.9. The molecule has 136 valence electrons. The minimum absolute atomic E-state index is 0.0505. The van der Waals surface area contributed by atoms with Crippen LogP contribution in [0.25, 0.3) is 0 Å². The number of amides is 1. The summed E-state index contributed by atoms with van der Waals surface area (Å²) in [5.74, 6) is 0.325. The lowest BCUT2D eigenvalue weighted by atomic mass is 9.53. The van der Waals surface area contributed by atoms with E-state index < -0.39 is 5.41 Å². The quantitative estimate of drug-likeness (QED) is 0.759. The maximum atomic E-state index is 12.8. The Morgan fingerprint density at radius 1 is 1.28 bits per heavy atom. The van der Waals surface area contributed by atoms with Gasteiger partial charge in [0.05, 0.1) is 25.2 Å². The third-order valence-electron chi connectivity index (χ3n) is 6.19. The smallest absolute Gasteiger partial charge is 0.311 e. The number of esters is 1. The van der Waals surface area contributed by atoms with E-state index in [0.717, 1.165) is 24.8 Å². The summed E-state index contributed by atoms with van der Waals surface area (Å²) in [5, 5.41) is 3.02. The topological polar surface area (TPSA) is 64.6 Å². The first-order valence-corrected chi connectivity index (χ1v) is 9.32. The SMILES string of the molecule is COC(=O)C1(C)CCCC2(C)c3cc(OC)cc(Br)c3C(=O)NCC12. The summed E-state index contributed by atoms with van der Waals surface area (Å²) >= 11 is 3.53. The van der Waals surface area contributed by atoms with E-state index >= 15 is 0 Å². The van der Waals surface area contributed by atoms with Crippen molar-refractivity contribution in [3.05, 3.63) is 27.7 Å². The fourth-order valence-corrected chi connectivity index (χ4v) is 5.41. The third-order valence-corrected chi connectivity index (χ3v) is 6.82. The van der Waals surface area contributed by atoms with E-state index in [4.69, 9.17) is 9.47 Å². The van der Waals surface area contributed by atoms with Crippen molar-refractivity contribution in [3.63, 3.8) is 0 Å². The molecule has 1 aliphatic heterocycles. The van der Waals surface area contributed by atoms with Crippen LogP contribution in [0.1, 0.15) is 49.0 Å². The van der Waals surface area contributed by atoms with Crippen molar-refractivity contribution in [3.8, 4) is 5.75 Å². The molecule has 1 fully saturated rings. The van der Waals surface area contributed by atoms with Crippen molar-refractivity contribution in [2.75, 3.05) is 20.8 Å². The van der Waals surface area contributed by atoms with Crippen LogP contribution in [0.3, 0.4) is 0 Å². The monoisotopic (exact) mass is 409 g/mol. The van der Waals surface area contributed by atoms with Crippen molar-refractivity contribution in [1.29, 1.82) is 0 Å². The molecule has 2 aliphatic rings. The molecule has 6 heteroatoms. The van der Waals surface area contributed by atoms with Crippen LogP contribution in [0.4, 0.5) is 0 Å². The zero-order chi connectivity index (χ0) is 18.4. The van der Waals surface area contributed by atoms with Gasteiger partial charge in [-0.15, -0.1) is 0 Å². The van der Waals surface area contributed by atoms with E-state index in [9.17, 15) is 9.59 Å². The van der Waals surface area contributed by atoms with Gasteiger partial charge in [0, 0.05) is 16.9 Å². The maximum absolute atomic E-state index is 12.8. The lowest BCUT2D eigenvalue weighted by Gasteiger charge is -2.50. The Bertz CT molecular complexity index is 734. The zero-order valence-electron chi connectivity index (χ0n) is 15.1. The Hall–Kier alpha value is -1.56. The van der Waals surface area contributed by atoms with E-state index in [0.29, 0.717) is 22.3 Å². The van der Waals surface area contributed by atoms with Gasteiger partial charge >= 0.3 is 5.97 Å². The van der Waals surface area contributed by atoms with E-state index in [1.165, 1.54) is 7.11 Å². The van der Waals surface area contributed by atoms with Crippen LogP contribution in [-0.2, 0) is 14.9 Å². The van der Waals surface area contributed by atoms with Crippen LogP contribution in [0.5, 0.6) is 5.75 Å². The van der Waals surface area contributed by atoms with Gasteiger partial charge < -0.3 is 14.8 Å². The van der Waals surface area contributed by atoms with Crippen LogP contribution < -0.4 is 10.1 Å². The number of ether oxygens (including phenoxy) is 2. The molecular formula is C19H24BrNO4. The van der Waals surface area contributed by atoms with Crippen molar-refractivity contribution in [1.82, 2.24) is 5.32 Å². The lowest BCUT2D eigenvalue weighted by molar-refractivity contribution is -0.160. The molecule has 1 aromatic carbocycles. The maximum Gasteiger partial charge on any atom is 0.311 e. The van der Waals surface area contributed by atoms with E-state index in [-0.39, 0.29) is 23.2 Å². The van der Waals surface area contributed by atoms with Gasteiger partial charge in [-0.25, -0.2) is 0 Å². The fraction of sp³-hybridized carbons (Fsp3) is 0.579. The van der Waals surface area contributed by atoms with E-state index in [2.05, 4.69) is 28.2 Å². The van der Waals surface area contributed by atoms with Gasteiger partial charge in [-0.05, 0) is 58.8 Å². The van der Waals surface area contributed by atoms with Gasteiger partial charge in [-0.3, -0.25) is 9.59 Å². The summed E-state index contributed by atoms with van der Waals surface area (Å²) in [6, 6.07) is 3.76. The van der Waals surface area contributed by atoms with E-state index in [1.54, 1.807) is 7.11 Å². The molecule has 0 saturated heterocycles. The highest BCUT2D eigenvalue weighted by Gasteiger charge is 2.56. The summed E-state index contributed by atoms with van der Waals surface area (Å²) in [7, 11) is 3.05. The van der Waals surface area contributed by atoms with Crippen LogP contribution in [0.2, 0.25) is 0 Å². The summed E-state index contributed by atoms with van der Waals surface area (Å²) in [5.41, 5.74) is 0.618. The molecular weight excluding hydrogens is 386 g/mol. The zero-order valence-corrected chi connectivity index (χ0v) is 16.7. The molecule has 1 heterocycles. The van der Waals surface area contributed by atoms with Crippen LogP contribution in [0, 0.1) is 11.3 Å². The number of hydrogen-bond acceptors (Lipinski definition) is 4. The van der Waals surface area contributed by atoms with Gasteiger partial charge in [0.15, 0.2) is 0 Å². The number of benzene rings is 1. The molecule has 5 nitrogen and oxygen atoms in total. The van der Waals surface area contributed by atoms with Crippen molar-refractivity contribution in [2.45, 2.75) is 38.5 Å². The minimum atomic E-state index is -0.633. The molecule has 1 amide bonds. The Morgan fingerprint density at radius 3 is 2.64 bits per heavy atom. The molecule has 1 N–H and O–H groups in total. The first-order valence-electron chi connectivity index (χ1n) is 8.52. The third kappa shape index (κ3) is 2.65. The largest absolute Gasteiger partial charge is 0.497 e. The summed E-state index contributed by atoms with van der Waals surface area (Å²) in [4.78, 5) is 25.4. The highest BCUT2D eigenvalue weighted by Crippen LogP contribution is 2.55. The number of rotatable bonds is 2. The molecule has 3 rings (SSSR count). The minimum Gasteiger partial charge on any atom is -0.497 e. The average Bonchev–Trinajstić information content (AvgIpc) is 2.70. The molecule has 1 aromatic rings. The average molecular weight is 410 g/mol. The van der Waals surface area contributed by atoms with Gasteiger partial charge in [-0.1, -0.05) is 13.3 Å². The lowest BCUT2D eigenvalue weighted by Crippen LogP contribution is -2.53. The number of nitrogens with one attached hydrogen (secondary N) is 1. The fourth-order valence-electron chi connectivity index (χ4n) is 4.79. The molecule has 3 unspecified atom stereocenters. The Kier molecular flexibility index (Phi) is 4.60. The number of hydrogen-bond donors (Lipinski definition) is 1. The summed E-state index contributed by atoms with van der Waals surface area (Å²) < 4.78 is 11.3. The van der Waals surface area contributed by atoms with Crippen LogP contribution >= 0.6 is 15.9 Å². The van der Waals surface area contributed by atoms with Crippen molar-refractivity contribution >= 4 is 27.8 Å². The van der Waals surface area contributed by atoms with Gasteiger partial charge in [0.1, 0.15) is 5.75 Å². The normalized spacial score (nSPS) is 31.2. The van der Waals surface area contributed by atoms with Gasteiger partial charge in [0.25, 0.3) is 5.91 Å². The number of methoxy groups -OCH3 is 2. The second kappa shape index (κ2) is 6.31. The highest BCUT2D eigenvalue weighted by molar-refractivity contribution is 9.10. The Labute approximate surface area is 156 Å². The number of halogens is 1. The van der Waals surface area contributed by atoms with Crippen LogP contribution in [0.15, 0.2) is 16.6 Å². The first-order chi connectivity index (χ1) is 11.8. The molecule has 1 aliphatic carbocycles. The predicted octanol–water partition coefficient (Wildman–Crippen LogP) is 3.44. The number of fused-ring (bicyclic) bond motifs is 3. The molecule has 3 atom stereocenters. The second-order valence-corrected chi connectivity index (χ2v) is 8.33. The predicted molar refractivity (Wildman–Crippen MR) is 97.8 cm³/mol. The number of carbonyl (C=O) groups excluding carboxylic acids is 2. The van der Waals surface area contributed by atoms with Gasteiger partial charge in [-0.2, -0.15) is 0 Å². The Morgan fingerprint density at radius 2 is 2.00 bits per heavy atom. The first kappa shape index (κ1) is 18.2. The molecule has 0 bridgehead atoms. The number of carbonyl (C=O) groups is 2. The summed E-state index contributed by atoms with van der Waals surface area (Å²) in [6.07, 6.45) is 2.57.